The Labute approximate surface area is 114 Å². The SMILES string of the molecule is CCCCCC1CN=C(N)N1c1ccccc1Cl. The van der Waals surface area contributed by atoms with Crippen LogP contribution in [0.1, 0.15) is 32.6 Å². The van der Waals surface area contributed by atoms with Gasteiger partial charge in [0, 0.05) is 0 Å². The zero-order valence-electron chi connectivity index (χ0n) is 10.8. The number of unbranched alkanes of at least 4 members (excludes halogenated alkanes) is 2. The first-order valence-electron chi connectivity index (χ1n) is 6.57. The van der Waals surface area contributed by atoms with E-state index < -0.39 is 0 Å². The van der Waals surface area contributed by atoms with E-state index >= 15 is 0 Å². The Kier molecular flexibility index (Phi) is 4.48. The fraction of sp³-hybridized carbons (Fsp3) is 0.500. The summed E-state index contributed by atoms with van der Waals surface area (Å²) in [7, 11) is 0. The van der Waals surface area contributed by atoms with E-state index in [1.165, 1.54) is 19.3 Å². The minimum atomic E-state index is 0.358. The normalized spacial score (nSPS) is 19.1. The van der Waals surface area contributed by atoms with Gasteiger partial charge < -0.3 is 10.6 Å². The molecule has 0 saturated carbocycles. The Morgan fingerprint density at radius 2 is 2.17 bits per heavy atom. The highest BCUT2D eigenvalue weighted by molar-refractivity contribution is 6.33. The number of benzene rings is 1. The molecule has 18 heavy (non-hydrogen) atoms. The van der Waals surface area contributed by atoms with Gasteiger partial charge in [-0.25, -0.2) is 0 Å². The van der Waals surface area contributed by atoms with E-state index in [2.05, 4.69) is 16.8 Å². The van der Waals surface area contributed by atoms with Crippen LogP contribution in [0.5, 0.6) is 0 Å². The highest BCUT2D eigenvalue weighted by Gasteiger charge is 2.27. The maximum Gasteiger partial charge on any atom is 0.196 e. The minimum Gasteiger partial charge on any atom is -0.370 e. The molecule has 2 N–H and O–H groups in total. The molecule has 0 aromatic heterocycles. The molecular formula is C14H20ClN3. The summed E-state index contributed by atoms with van der Waals surface area (Å²) in [5, 5.41) is 0.734. The summed E-state index contributed by atoms with van der Waals surface area (Å²) < 4.78 is 0. The van der Waals surface area contributed by atoms with Gasteiger partial charge >= 0.3 is 0 Å². The molecular weight excluding hydrogens is 246 g/mol. The van der Waals surface area contributed by atoms with Crippen LogP contribution in [0.2, 0.25) is 5.02 Å². The Morgan fingerprint density at radius 3 is 2.89 bits per heavy atom. The van der Waals surface area contributed by atoms with Gasteiger partial charge in [-0.2, -0.15) is 0 Å². The standard InChI is InChI=1S/C14H20ClN3/c1-2-3-4-7-11-10-17-14(16)18(11)13-9-6-5-8-12(13)15/h5-6,8-9,11H,2-4,7,10H2,1H3,(H2,16,17). The lowest BCUT2D eigenvalue weighted by Gasteiger charge is -2.27. The number of nitrogens with zero attached hydrogens (tertiary/aromatic N) is 2. The number of guanidine groups is 1. The zero-order chi connectivity index (χ0) is 13.0. The van der Waals surface area contributed by atoms with Crippen molar-refractivity contribution < 1.29 is 0 Å². The fourth-order valence-electron chi connectivity index (χ4n) is 2.36. The molecule has 0 radical (unpaired) electrons. The second-order valence-electron chi connectivity index (χ2n) is 4.67. The van der Waals surface area contributed by atoms with Crippen LogP contribution in [0.3, 0.4) is 0 Å². The van der Waals surface area contributed by atoms with Gasteiger partial charge in [0.05, 0.1) is 23.3 Å². The quantitative estimate of drug-likeness (QED) is 0.829. The van der Waals surface area contributed by atoms with Gasteiger partial charge in [0.15, 0.2) is 5.96 Å². The second-order valence-corrected chi connectivity index (χ2v) is 5.08. The molecule has 4 heteroatoms. The van der Waals surface area contributed by atoms with Crippen LogP contribution in [0.15, 0.2) is 29.3 Å². The van der Waals surface area contributed by atoms with Crippen molar-refractivity contribution in [2.24, 2.45) is 10.7 Å². The molecule has 0 aliphatic carbocycles. The van der Waals surface area contributed by atoms with Gasteiger partial charge in [0.25, 0.3) is 0 Å². The van der Waals surface area contributed by atoms with Gasteiger partial charge in [0.1, 0.15) is 0 Å². The van der Waals surface area contributed by atoms with Crippen LogP contribution in [0.4, 0.5) is 5.69 Å². The maximum absolute atomic E-state index is 6.24. The van der Waals surface area contributed by atoms with E-state index in [4.69, 9.17) is 17.3 Å². The van der Waals surface area contributed by atoms with Crippen molar-refractivity contribution in [3.63, 3.8) is 0 Å². The van der Waals surface area contributed by atoms with Crippen LogP contribution >= 0.6 is 11.6 Å². The Bertz CT molecular complexity index is 431. The van der Waals surface area contributed by atoms with Crippen molar-refractivity contribution in [2.45, 2.75) is 38.6 Å². The van der Waals surface area contributed by atoms with Crippen LogP contribution in [0.25, 0.3) is 0 Å². The first-order valence-corrected chi connectivity index (χ1v) is 6.95. The predicted molar refractivity (Wildman–Crippen MR) is 78.4 cm³/mol. The number of aliphatic imine (C=N–C) groups is 1. The average Bonchev–Trinajstić information content (AvgIpc) is 2.72. The molecule has 1 aliphatic heterocycles. The molecule has 0 bridgehead atoms. The van der Waals surface area contributed by atoms with Crippen LogP contribution in [-0.2, 0) is 0 Å². The first-order chi connectivity index (χ1) is 8.74. The number of anilines is 1. The number of rotatable bonds is 5. The van der Waals surface area contributed by atoms with Crippen LogP contribution in [-0.4, -0.2) is 18.5 Å². The van der Waals surface area contributed by atoms with Gasteiger partial charge in [-0.3, -0.25) is 4.99 Å². The molecule has 0 spiro atoms. The summed E-state index contributed by atoms with van der Waals surface area (Å²) in [5.74, 6) is 0.588. The van der Waals surface area contributed by atoms with Crippen molar-refractivity contribution >= 4 is 23.2 Å². The van der Waals surface area contributed by atoms with E-state index in [-0.39, 0.29) is 0 Å². The molecule has 1 unspecified atom stereocenters. The summed E-state index contributed by atoms with van der Waals surface area (Å²) >= 11 is 6.24. The molecule has 1 heterocycles. The van der Waals surface area contributed by atoms with Crippen molar-refractivity contribution in [1.29, 1.82) is 0 Å². The van der Waals surface area contributed by atoms with Crippen molar-refractivity contribution in [3.8, 4) is 0 Å². The molecule has 1 atom stereocenters. The lowest BCUT2D eigenvalue weighted by molar-refractivity contribution is 0.580. The van der Waals surface area contributed by atoms with Gasteiger partial charge in [-0.05, 0) is 18.6 Å². The number of nitrogens with two attached hydrogens (primary N) is 1. The Balaban J connectivity index is 2.12. The summed E-state index contributed by atoms with van der Waals surface area (Å²) in [5.41, 5.74) is 6.96. The average molecular weight is 266 g/mol. The molecule has 0 amide bonds. The zero-order valence-corrected chi connectivity index (χ0v) is 11.5. The fourth-order valence-corrected chi connectivity index (χ4v) is 2.59. The number of para-hydroxylation sites is 1. The Hall–Kier alpha value is -1.22. The molecule has 1 aromatic rings. The lowest BCUT2D eigenvalue weighted by Crippen LogP contribution is -2.41. The maximum atomic E-state index is 6.24. The summed E-state index contributed by atoms with van der Waals surface area (Å²) in [6.45, 7) is 2.99. The van der Waals surface area contributed by atoms with Crippen LogP contribution < -0.4 is 10.6 Å². The second kappa shape index (κ2) is 6.10. The third kappa shape index (κ3) is 2.78. The monoisotopic (exact) mass is 265 g/mol. The van der Waals surface area contributed by atoms with Gasteiger partial charge in [0.2, 0.25) is 0 Å². The summed E-state index contributed by atoms with van der Waals surface area (Å²) in [4.78, 5) is 6.44. The third-order valence-electron chi connectivity index (χ3n) is 3.33. The van der Waals surface area contributed by atoms with E-state index in [9.17, 15) is 0 Å². The molecule has 0 fully saturated rings. The topological polar surface area (TPSA) is 41.6 Å². The molecule has 2 rings (SSSR count). The number of hydrogen-bond donors (Lipinski definition) is 1. The number of halogens is 1. The molecule has 1 aliphatic rings. The van der Waals surface area contributed by atoms with E-state index in [1.807, 2.05) is 24.3 Å². The summed E-state index contributed by atoms with van der Waals surface area (Å²) in [6.07, 6.45) is 4.82. The van der Waals surface area contributed by atoms with E-state index in [0.29, 0.717) is 12.0 Å². The first kappa shape index (κ1) is 13.2. The molecule has 0 saturated heterocycles. The minimum absolute atomic E-state index is 0.358. The third-order valence-corrected chi connectivity index (χ3v) is 3.65. The van der Waals surface area contributed by atoms with Gasteiger partial charge in [-0.15, -0.1) is 0 Å². The predicted octanol–water partition coefficient (Wildman–Crippen LogP) is 3.42. The summed E-state index contributed by atoms with van der Waals surface area (Å²) in [6, 6.07) is 8.17. The highest BCUT2D eigenvalue weighted by Crippen LogP contribution is 2.30. The number of hydrogen-bond acceptors (Lipinski definition) is 3. The van der Waals surface area contributed by atoms with E-state index in [1.54, 1.807) is 0 Å². The smallest absolute Gasteiger partial charge is 0.196 e. The van der Waals surface area contributed by atoms with Crippen LogP contribution in [0, 0.1) is 0 Å². The van der Waals surface area contributed by atoms with Crippen molar-refractivity contribution in [3.05, 3.63) is 29.3 Å². The van der Waals surface area contributed by atoms with E-state index in [0.717, 1.165) is 23.7 Å². The van der Waals surface area contributed by atoms with Gasteiger partial charge in [-0.1, -0.05) is 49.9 Å². The lowest BCUT2D eigenvalue weighted by atomic mass is 10.1. The van der Waals surface area contributed by atoms with Crippen molar-refractivity contribution in [1.82, 2.24) is 0 Å². The molecule has 1 aromatic carbocycles. The van der Waals surface area contributed by atoms with Crippen molar-refractivity contribution in [2.75, 3.05) is 11.4 Å². The largest absolute Gasteiger partial charge is 0.370 e. The molecule has 3 nitrogen and oxygen atoms in total. The highest BCUT2D eigenvalue weighted by atomic mass is 35.5. The Morgan fingerprint density at radius 1 is 1.39 bits per heavy atom. The molecule has 98 valence electrons.